The van der Waals surface area contributed by atoms with E-state index in [1.54, 1.807) is 24.3 Å². The zero-order valence-corrected chi connectivity index (χ0v) is 12.4. The third kappa shape index (κ3) is 3.15. The highest BCUT2D eigenvalue weighted by molar-refractivity contribution is 7.89. The van der Waals surface area contributed by atoms with Gasteiger partial charge >= 0.3 is 0 Å². The van der Waals surface area contributed by atoms with Crippen molar-refractivity contribution < 1.29 is 8.42 Å². The molecule has 0 aliphatic carbocycles. The monoisotopic (exact) mass is 296 g/mol. The molecule has 1 heterocycles. The van der Waals surface area contributed by atoms with Gasteiger partial charge in [-0.2, -0.15) is 0 Å². The molecule has 0 radical (unpaired) electrons. The van der Waals surface area contributed by atoms with E-state index in [0.29, 0.717) is 12.1 Å². The van der Waals surface area contributed by atoms with Gasteiger partial charge in [0.05, 0.1) is 4.90 Å². The molecule has 102 valence electrons. The van der Waals surface area contributed by atoms with Crippen molar-refractivity contribution in [2.75, 3.05) is 5.32 Å². The minimum Gasteiger partial charge on any atom is -0.380 e. The van der Waals surface area contributed by atoms with E-state index >= 15 is 0 Å². The molecule has 4 nitrogen and oxygen atoms in total. The second-order valence-electron chi connectivity index (χ2n) is 4.35. The van der Waals surface area contributed by atoms with Crippen molar-refractivity contribution >= 4 is 27.0 Å². The molecule has 2 aromatic rings. The van der Waals surface area contributed by atoms with Crippen molar-refractivity contribution in [2.24, 2.45) is 5.14 Å². The summed E-state index contributed by atoms with van der Waals surface area (Å²) in [5, 5.41) is 10.5. The normalized spacial score (nSPS) is 11.5. The maximum absolute atomic E-state index is 11.4. The molecular weight excluding hydrogens is 280 g/mol. The van der Waals surface area contributed by atoms with Crippen LogP contribution in [0.25, 0.3) is 0 Å². The maximum Gasteiger partial charge on any atom is 0.238 e. The highest BCUT2D eigenvalue weighted by atomic mass is 32.2. The van der Waals surface area contributed by atoms with Gasteiger partial charge in [-0.05, 0) is 48.6 Å². The van der Waals surface area contributed by atoms with Crippen molar-refractivity contribution in [3.63, 3.8) is 0 Å². The van der Waals surface area contributed by atoms with Crippen LogP contribution in [0, 0.1) is 13.8 Å². The lowest BCUT2D eigenvalue weighted by atomic mass is 10.2. The van der Waals surface area contributed by atoms with Gasteiger partial charge in [0.15, 0.2) is 0 Å². The quantitative estimate of drug-likeness (QED) is 0.911. The molecule has 0 unspecified atom stereocenters. The van der Waals surface area contributed by atoms with E-state index in [0.717, 1.165) is 5.69 Å². The van der Waals surface area contributed by atoms with E-state index in [1.165, 1.54) is 16.5 Å². The maximum atomic E-state index is 11.4. The minimum absolute atomic E-state index is 0.167. The Balaban J connectivity index is 2.25. The fourth-order valence-electron chi connectivity index (χ4n) is 1.87. The van der Waals surface area contributed by atoms with Gasteiger partial charge < -0.3 is 5.32 Å². The van der Waals surface area contributed by atoms with Crippen LogP contribution in [0.3, 0.4) is 0 Å². The van der Waals surface area contributed by atoms with Crippen molar-refractivity contribution in [2.45, 2.75) is 25.3 Å². The standard InChI is InChI=1S/C13H16N2O2S2/c1-9-6-7-18-12(9)8-15-11-4-3-5-13(10(11)2)19(14,16)17/h3-7,15H,8H2,1-2H3,(H2,14,16,17). The molecule has 0 spiro atoms. The van der Waals surface area contributed by atoms with Crippen LogP contribution < -0.4 is 10.5 Å². The Morgan fingerprint density at radius 2 is 2.00 bits per heavy atom. The fraction of sp³-hybridized carbons (Fsp3) is 0.231. The van der Waals surface area contributed by atoms with Crippen LogP contribution in [-0.4, -0.2) is 8.42 Å². The van der Waals surface area contributed by atoms with Crippen LogP contribution >= 0.6 is 11.3 Å². The highest BCUT2D eigenvalue weighted by Gasteiger charge is 2.13. The Morgan fingerprint density at radius 3 is 2.58 bits per heavy atom. The Labute approximate surface area is 117 Å². The van der Waals surface area contributed by atoms with Crippen LogP contribution in [0.4, 0.5) is 5.69 Å². The molecule has 1 aromatic heterocycles. The topological polar surface area (TPSA) is 72.2 Å². The summed E-state index contributed by atoms with van der Waals surface area (Å²) in [5.74, 6) is 0. The van der Waals surface area contributed by atoms with Gasteiger partial charge in [-0.1, -0.05) is 6.07 Å². The lowest BCUT2D eigenvalue weighted by Gasteiger charge is -2.12. The third-order valence-electron chi connectivity index (χ3n) is 3.00. The number of benzene rings is 1. The van der Waals surface area contributed by atoms with Crippen molar-refractivity contribution in [1.82, 2.24) is 0 Å². The van der Waals surface area contributed by atoms with Gasteiger partial charge in [0.2, 0.25) is 10.0 Å². The van der Waals surface area contributed by atoms with Gasteiger partial charge in [-0.3, -0.25) is 0 Å². The number of hydrogen-bond donors (Lipinski definition) is 2. The molecule has 0 aliphatic rings. The molecule has 2 rings (SSSR count). The molecule has 0 fully saturated rings. The van der Waals surface area contributed by atoms with E-state index < -0.39 is 10.0 Å². The average Bonchev–Trinajstić information content (AvgIpc) is 2.72. The van der Waals surface area contributed by atoms with E-state index in [-0.39, 0.29) is 4.90 Å². The third-order valence-corrected chi connectivity index (χ3v) is 5.08. The molecule has 0 atom stereocenters. The smallest absolute Gasteiger partial charge is 0.238 e. The fourth-order valence-corrected chi connectivity index (χ4v) is 3.53. The number of hydrogen-bond acceptors (Lipinski definition) is 4. The van der Waals surface area contributed by atoms with E-state index in [2.05, 4.69) is 18.3 Å². The zero-order chi connectivity index (χ0) is 14.0. The lowest BCUT2D eigenvalue weighted by Crippen LogP contribution is -2.14. The SMILES string of the molecule is Cc1ccsc1CNc1cccc(S(N)(=O)=O)c1C. The lowest BCUT2D eigenvalue weighted by molar-refractivity contribution is 0.597. The van der Waals surface area contributed by atoms with Crippen LogP contribution in [0.5, 0.6) is 0 Å². The van der Waals surface area contributed by atoms with Crippen molar-refractivity contribution in [3.8, 4) is 0 Å². The number of anilines is 1. The summed E-state index contributed by atoms with van der Waals surface area (Å²) in [6, 6.07) is 7.13. The van der Waals surface area contributed by atoms with E-state index in [1.807, 2.05) is 11.4 Å². The summed E-state index contributed by atoms with van der Waals surface area (Å²) in [5.41, 5.74) is 2.68. The summed E-state index contributed by atoms with van der Waals surface area (Å²) >= 11 is 1.68. The molecule has 3 N–H and O–H groups in total. The second kappa shape index (κ2) is 5.32. The van der Waals surface area contributed by atoms with Crippen LogP contribution in [0.1, 0.15) is 16.0 Å². The Hall–Kier alpha value is -1.37. The summed E-state index contributed by atoms with van der Waals surface area (Å²) in [7, 11) is -3.67. The second-order valence-corrected chi connectivity index (χ2v) is 6.88. The number of primary sulfonamides is 1. The number of nitrogens with two attached hydrogens (primary N) is 1. The molecule has 0 bridgehead atoms. The zero-order valence-electron chi connectivity index (χ0n) is 10.8. The molecule has 0 saturated carbocycles. The Kier molecular flexibility index (Phi) is 3.93. The number of nitrogens with one attached hydrogen (secondary N) is 1. The van der Waals surface area contributed by atoms with E-state index in [9.17, 15) is 8.42 Å². The van der Waals surface area contributed by atoms with Crippen molar-refractivity contribution in [3.05, 3.63) is 45.6 Å². The van der Waals surface area contributed by atoms with Crippen LogP contribution in [0.2, 0.25) is 0 Å². The van der Waals surface area contributed by atoms with Gasteiger partial charge in [0.25, 0.3) is 0 Å². The van der Waals surface area contributed by atoms with Crippen molar-refractivity contribution in [1.29, 1.82) is 0 Å². The predicted molar refractivity (Wildman–Crippen MR) is 78.9 cm³/mol. The molecule has 0 amide bonds. The first-order valence-corrected chi connectivity index (χ1v) is 8.21. The summed E-state index contributed by atoms with van der Waals surface area (Å²) in [6.07, 6.45) is 0. The summed E-state index contributed by atoms with van der Waals surface area (Å²) in [6.45, 7) is 4.49. The van der Waals surface area contributed by atoms with Crippen LogP contribution in [0.15, 0.2) is 34.5 Å². The predicted octanol–water partition coefficient (Wildman–Crippen LogP) is 2.62. The number of sulfonamides is 1. The number of rotatable bonds is 4. The number of aryl methyl sites for hydroxylation is 1. The highest BCUT2D eigenvalue weighted by Crippen LogP contribution is 2.24. The Morgan fingerprint density at radius 1 is 1.26 bits per heavy atom. The molecule has 19 heavy (non-hydrogen) atoms. The number of thiophene rings is 1. The summed E-state index contributed by atoms with van der Waals surface area (Å²) < 4.78 is 22.9. The first kappa shape index (κ1) is 14.0. The molecular formula is C13H16N2O2S2. The molecule has 6 heteroatoms. The Bertz CT molecular complexity index is 690. The van der Waals surface area contributed by atoms with Crippen LogP contribution in [-0.2, 0) is 16.6 Å². The van der Waals surface area contributed by atoms with Gasteiger partial charge in [0.1, 0.15) is 0 Å². The molecule has 0 saturated heterocycles. The molecule has 1 aromatic carbocycles. The first-order chi connectivity index (χ1) is 8.89. The van der Waals surface area contributed by atoms with E-state index in [4.69, 9.17) is 5.14 Å². The van der Waals surface area contributed by atoms with Gasteiger partial charge in [-0.15, -0.1) is 11.3 Å². The first-order valence-electron chi connectivity index (χ1n) is 5.79. The largest absolute Gasteiger partial charge is 0.380 e. The van der Waals surface area contributed by atoms with Gasteiger partial charge in [0, 0.05) is 17.1 Å². The van der Waals surface area contributed by atoms with Gasteiger partial charge in [-0.25, -0.2) is 13.6 Å². The average molecular weight is 296 g/mol. The molecule has 0 aliphatic heterocycles. The summed E-state index contributed by atoms with van der Waals surface area (Å²) in [4.78, 5) is 1.40. The minimum atomic E-state index is -3.67.